The lowest BCUT2D eigenvalue weighted by Gasteiger charge is -2.21. The molecule has 3 unspecified atom stereocenters. The first kappa shape index (κ1) is 100. The van der Waals surface area contributed by atoms with Crippen molar-refractivity contribution >= 4 is 39.5 Å². The van der Waals surface area contributed by atoms with Gasteiger partial charge in [0.25, 0.3) is 0 Å². The molecular formula is C83H162O17P2. The molecular weight excluding hydrogens is 1330 g/mol. The van der Waals surface area contributed by atoms with Crippen molar-refractivity contribution in [3.8, 4) is 0 Å². The van der Waals surface area contributed by atoms with E-state index >= 15 is 0 Å². The predicted octanol–water partition coefficient (Wildman–Crippen LogP) is 25.2. The summed E-state index contributed by atoms with van der Waals surface area (Å²) in [5, 5.41) is 10.6. The van der Waals surface area contributed by atoms with Gasteiger partial charge in [-0.2, -0.15) is 0 Å². The predicted molar refractivity (Wildman–Crippen MR) is 418 cm³/mol. The van der Waals surface area contributed by atoms with Crippen molar-refractivity contribution in [1.82, 2.24) is 0 Å². The van der Waals surface area contributed by atoms with Crippen LogP contribution in [0.25, 0.3) is 0 Å². The molecule has 0 fully saturated rings. The van der Waals surface area contributed by atoms with Gasteiger partial charge in [0.15, 0.2) is 12.2 Å². The van der Waals surface area contributed by atoms with Crippen molar-refractivity contribution in [2.24, 2.45) is 5.92 Å². The lowest BCUT2D eigenvalue weighted by Crippen LogP contribution is -2.30. The minimum atomic E-state index is -4.96. The second kappa shape index (κ2) is 75.9. The van der Waals surface area contributed by atoms with Gasteiger partial charge in [0.2, 0.25) is 0 Å². The van der Waals surface area contributed by atoms with Crippen LogP contribution in [0.5, 0.6) is 0 Å². The number of carbonyl (C=O) groups is 4. The molecule has 102 heavy (non-hydrogen) atoms. The van der Waals surface area contributed by atoms with Crippen molar-refractivity contribution in [3.63, 3.8) is 0 Å². The highest BCUT2D eigenvalue weighted by atomic mass is 31.2. The van der Waals surface area contributed by atoms with Gasteiger partial charge >= 0.3 is 39.5 Å². The van der Waals surface area contributed by atoms with Gasteiger partial charge in [-0.3, -0.25) is 37.3 Å². The van der Waals surface area contributed by atoms with Gasteiger partial charge in [-0.1, -0.05) is 394 Å². The zero-order valence-corrected chi connectivity index (χ0v) is 68.5. The summed E-state index contributed by atoms with van der Waals surface area (Å²) in [5.74, 6) is -1.24. The van der Waals surface area contributed by atoms with Gasteiger partial charge in [0, 0.05) is 25.7 Å². The molecule has 0 aromatic carbocycles. The van der Waals surface area contributed by atoms with Crippen molar-refractivity contribution < 1.29 is 80.2 Å². The van der Waals surface area contributed by atoms with Crippen LogP contribution >= 0.6 is 15.6 Å². The normalized spacial score (nSPS) is 14.1. The maximum atomic E-state index is 13.1. The average molecular weight is 1490 g/mol. The van der Waals surface area contributed by atoms with Crippen LogP contribution in [0.1, 0.15) is 446 Å². The highest BCUT2D eigenvalue weighted by molar-refractivity contribution is 7.47. The molecule has 0 heterocycles. The van der Waals surface area contributed by atoms with E-state index in [1.165, 1.54) is 263 Å². The Balaban J connectivity index is 5.17. The smallest absolute Gasteiger partial charge is 0.462 e. The fraction of sp³-hybridized carbons (Fsp3) is 0.952. The fourth-order valence-corrected chi connectivity index (χ4v) is 14.5. The van der Waals surface area contributed by atoms with Gasteiger partial charge in [-0.15, -0.1) is 0 Å². The third kappa shape index (κ3) is 74.9. The number of hydrogen-bond donors (Lipinski definition) is 3. The zero-order chi connectivity index (χ0) is 74.8. The Bertz CT molecular complexity index is 1950. The molecule has 3 N–H and O–H groups in total. The number of esters is 4. The van der Waals surface area contributed by atoms with Crippen LogP contribution < -0.4 is 0 Å². The molecule has 0 aliphatic heterocycles. The van der Waals surface area contributed by atoms with Gasteiger partial charge in [-0.05, 0) is 31.6 Å². The fourth-order valence-electron chi connectivity index (χ4n) is 12.9. The second-order valence-corrected chi connectivity index (χ2v) is 33.0. The Morgan fingerprint density at radius 1 is 0.275 bits per heavy atom. The average Bonchev–Trinajstić information content (AvgIpc) is 0.914. The van der Waals surface area contributed by atoms with Gasteiger partial charge in [-0.25, -0.2) is 9.13 Å². The van der Waals surface area contributed by atoms with Crippen molar-refractivity contribution in [2.45, 2.75) is 464 Å². The van der Waals surface area contributed by atoms with Crippen LogP contribution in [0.4, 0.5) is 0 Å². The van der Waals surface area contributed by atoms with E-state index in [9.17, 15) is 43.2 Å². The number of phosphoric ester groups is 2. The molecule has 6 atom stereocenters. The molecule has 0 saturated heterocycles. The number of aliphatic hydroxyl groups excluding tert-OH is 1. The highest BCUT2D eigenvalue weighted by Gasteiger charge is 2.30. The van der Waals surface area contributed by atoms with Crippen LogP contribution in [0, 0.1) is 5.92 Å². The number of carbonyl (C=O) groups excluding carboxylic acids is 4. The molecule has 17 nitrogen and oxygen atoms in total. The SMILES string of the molecule is CCCCCCCCCCCCCCCCCCCCCC(=O)OC[C@H](COP(=O)(O)OC[C@@H](O)COP(=O)(O)OC[C@@H](COC(=O)CCCCCCCCCC)OC(=O)CCCCCCCCCCCCCCC)OC(=O)CCCCCCCCCCCCCCCCCCCCC(C)CC. The molecule has 0 aromatic heterocycles. The number of phosphoric acid groups is 2. The molecule has 0 amide bonds. The lowest BCUT2D eigenvalue weighted by atomic mass is 9.99. The minimum absolute atomic E-state index is 0.108. The van der Waals surface area contributed by atoms with Crippen LogP contribution in [-0.2, 0) is 65.4 Å². The van der Waals surface area contributed by atoms with E-state index in [4.69, 9.17) is 37.0 Å². The third-order valence-corrected chi connectivity index (χ3v) is 21.8. The van der Waals surface area contributed by atoms with E-state index in [2.05, 4.69) is 34.6 Å². The number of ether oxygens (including phenoxy) is 4. The summed E-state index contributed by atoms with van der Waals surface area (Å²) in [7, 11) is -9.92. The van der Waals surface area contributed by atoms with E-state index in [0.29, 0.717) is 25.7 Å². The molecule has 0 aliphatic carbocycles. The molecule has 0 aliphatic rings. The summed E-state index contributed by atoms with van der Waals surface area (Å²) >= 11 is 0. The molecule has 0 rings (SSSR count). The molecule has 19 heteroatoms. The quantitative estimate of drug-likeness (QED) is 0.0222. The molecule has 0 bridgehead atoms. The second-order valence-electron chi connectivity index (χ2n) is 30.1. The zero-order valence-electron chi connectivity index (χ0n) is 66.8. The Kier molecular flexibility index (Phi) is 74.4. The monoisotopic (exact) mass is 1490 g/mol. The Morgan fingerprint density at radius 3 is 0.696 bits per heavy atom. The first-order valence-electron chi connectivity index (χ1n) is 43.2. The highest BCUT2D eigenvalue weighted by Crippen LogP contribution is 2.45. The van der Waals surface area contributed by atoms with Crippen molar-refractivity contribution in [3.05, 3.63) is 0 Å². The maximum absolute atomic E-state index is 13.1. The molecule has 606 valence electrons. The summed E-state index contributed by atoms with van der Waals surface area (Å²) in [4.78, 5) is 73.0. The van der Waals surface area contributed by atoms with E-state index in [-0.39, 0.29) is 25.7 Å². The number of aliphatic hydroxyl groups is 1. The number of unbranched alkanes of at least 4 members (excludes halogenated alkanes) is 54. The largest absolute Gasteiger partial charge is 0.472 e. The van der Waals surface area contributed by atoms with Gasteiger partial charge in [0.1, 0.15) is 19.3 Å². The van der Waals surface area contributed by atoms with Gasteiger partial charge < -0.3 is 33.8 Å². The summed E-state index contributed by atoms with van der Waals surface area (Å²) in [6, 6.07) is 0. The third-order valence-electron chi connectivity index (χ3n) is 19.9. The molecule has 0 aromatic rings. The number of hydrogen-bond acceptors (Lipinski definition) is 15. The van der Waals surface area contributed by atoms with Gasteiger partial charge in [0.05, 0.1) is 26.4 Å². The summed E-state index contributed by atoms with van der Waals surface area (Å²) in [6.07, 6.45) is 68.1. The Morgan fingerprint density at radius 2 is 0.471 bits per heavy atom. The van der Waals surface area contributed by atoms with Crippen LogP contribution in [0.2, 0.25) is 0 Å². The van der Waals surface area contributed by atoms with E-state index in [1.54, 1.807) is 0 Å². The Labute approximate surface area is 626 Å². The van der Waals surface area contributed by atoms with Crippen LogP contribution in [0.3, 0.4) is 0 Å². The van der Waals surface area contributed by atoms with Crippen LogP contribution in [0.15, 0.2) is 0 Å². The van der Waals surface area contributed by atoms with Crippen LogP contribution in [-0.4, -0.2) is 96.7 Å². The maximum Gasteiger partial charge on any atom is 0.472 e. The molecule has 0 radical (unpaired) electrons. The molecule has 0 spiro atoms. The topological polar surface area (TPSA) is 237 Å². The van der Waals surface area contributed by atoms with E-state index < -0.39 is 97.5 Å². The van der Waals surface area contributed by atoms with E-state index in [0.717, 1.165) is 102 Å². The minimum Gasteiger partial charge on any atom is -0.462 e. The first-order valence-corrected chi connectivity index (χ1v) is 46.2. The summed E-state index contributed by atoms with van der Waals surface area (Å²) < 4.78 is 68.7. The van der Waals surface area contributed by atoms with Crippen molar-refractivity contribution in [2.75, 3.05) is 39.6 Å². The van der Waals surface area contributed by atoms with Crippen molar-refractivity contribution in [1.29, 1.82) is 0 Å². The number of rotatable bonds is 83. The summed E-state index contributed by atoms with van der Waals surface area (Å²) in [6.45, 7) is 7.38. The molecule has 0 saturated carbocycles. The van der Waals surface area contributed by atoms with E-state index in [1.807, 2.05) is 0 Å². The summed E-state index contributed by atoms with van der Waals surface area (Å²) in [5.41, 5.74) is 0. The Hall–Kier alpha value is -1.94. The standard InChI is InChI=1S/C83H162O17P2/c1-6-10-13-16-19-22-24-26-27-28-29-33-36-40-43-47-52-57-62-67-81(86)94-73-79(100-83(88)69-64-59-54-49-45-41-37-34-31-30-32-35-39-42-46-50-55-60-65-76(5)9-4)75-98-102(91,92)96-71-77(84)70-95-101(89,90)97-74-78(72-93-80(85)66-61-56-51-21-18-15-12-8-3)99-82(87)68-63-58-53-48-44-38-25-23-20-17-14-11-7-2/h76-79,84H,6-75H2,1-5H3,(H,89,90)(H,91,92)/t76?,77-,78+,79+/m0/s1. The first-order chi connectivity index (χ1) is 49.6. The lowest BCUT2D eigenvalue weighted by molar-refractivity contribution is -0.161.